The summed E-state index contributed by atoms with van der Waals surface area (Å²) in [5.74, 6) is 0.511. The topological polar surface area (TPSA) is 67.6 Å². The second-order valence-corrected chi connectivity index (χ2v) is 5.07. The molecule has 1 unspecified atom stereocenters. The standard InChI is InChI=1S/C14H21N3O2/c1-17-5-3-4-12(9-17)16-14(18)10-6-11(15)8-13(7-10)19-2/h6-8,12H,3-5,9,15H2,1-2H3,(H,16,18). The molecule has 0 saturated carbocycles. The zero-order valence-corrected chi connectivity index (χ0v) is 11.5. The number of nitrogens with one attached hydrogen (secondary N) is 1. The molecule has 0 bridgehead atoms. The van der Waals surface area contributed by atoms with Gasteiger partial charge >= 0.3 is 0 Å². The lowest BCUT2D eigenvalue weighted by Gasteiger charge is -2.30. The molecule has 1 aromatic carbocycles. The zero-order chi connectivity index (χ0) is 13.8. The number of likely N-dealkylation sites (N-methyl/N-ethyl adjacent to an activating group) is 1. The first kappa shape index (κ1) is 13.7. The van der Waals surface area contributed by atoms with E-state index in [2.05, 4.69) is 17.3 Å². The monoisotopic (exact) mass is 263 g/mol. The van der Waals surface area contributed by atoms with Gasteiger partial charge in [0, 0.05) is 29.9 Å². The molecular formula is C14H21N3O2. The highest BCUT2D eigenvalue weighted by molar-refractivity contribution is 5.95. The number of carbonyl (C=O) groups is 1. The van der Waals surface area contributed by atoms with Gasteiger partial charge in [-0.15, -0.1) is 0 Å². The highest BCUT2D eigenvalue weighted by atomic mass is 16.5. The van der Waals surface area contributed by atoms with Crippen LogP contribution in [0.3, 0.4) is 0 Å². The molecule has 1 amide bonds. The number of methoxy groups -OCH3 is 1. The van der Waals surface area contributed by atoms with Crippen molar-refractivity contribution in [3.63, 3.8) is 0 Å². The zero-order valence-electron chi connectivity index (χ0n) is 11.5. The largest absolute Gasteiger partial charge is 0.497 e. The second-order valence-electron chi connectivity index (χ2n) is 5.07. The molecule has 1 atom stereocenters. The fourth-order valence-corrected chi connectivity index (χ4v) is 2.42. The molecule has 19 heavy (non-hydrogen) atoms. The number of anilines is 1. The van der Waals surface area contributed by atoms with Crippen LogP contribution < -0.4 is 15.8 Å². The molecule has 0 spiro atoms. The Hall–Kier alpha value is -1.75. The summed E-state index contributed by atoms with van der Waals surface area (Å²) in [6.07, 6.45) is 2.14. The molecule has 0 aliphatic carbocycles. The van der Waals surface area contributed by atoms with Gasteiger partial charge in [0.2, 0.25) is 0 Å². The SMILES string of the molecule is COc1cc(N)cc(C(=O)NC2CCCN(C)C2)c1. The minimum absolute atomic E-state index is 0.0918. The molecule has 1 aliphatic heterocycles. The Kier molecular flexibility index (Phi) is 4.27. The molecular weight excluding hydrogens is 242 g/mol. The van der Waals surface area contributed by atoms with Crippen LogP contribution >= 0.6 is 0 Å². The van der Waals surface area contributed by atoms with Gasteiger partial charge in [0.1, 0.15) is 5.75 Å². The molecule has 0 radical (unpaired) electrons. The van der Waals surface area contributed by atoms with Gasteiger partial charge < -0.3 is 20.7 Å². The Morgan fingerprint density at radius 2 is 2.26 bits per heavy atom. The number of benzene rings is 1. The number of piperidine rings is 1. The van der Waals surface area contributed by atoms with E-state index in [-0.39, 0.29) is 11.9 Å². The molecule has 0 aromatic heterocycles. The fraction of sp³-hybridized carbons (Fsp3) is 0.500. The van der Waals surface area contributed by atoms with E-state index in [1.165, 1.54) is 0 Å². The van der Waals surface area contributed by atoms with Crippen molar-refractivity contribution in [1.82, 2.24) is 10.2 Å². The quantitative estimate of drug-likeness (QED) is 0.801. The van der Waals surface area contributed by atoms with Crippen LogP contribution in [0.15, 0.2) is 18.2 Å². The van der Waals surface area contributed by atoms with Gasteiger partial charge in [0.25, 0.3) is 5.91 Å². The van der Waals surface area contributed by atoms with Gasteiger partial charge in [-0.25, -0.2) is 0 Å². The van der Waals surface area contributed by atoms with Crippen LogP contribution in [0, 0.1) is 0 Å². The van der Waals surface area contributed by atoms with Crippen LogP contribution in [0.1, 0.15) is 23.2 Å². The van der Waals surface area contributed by atoms with Crippen molar-refractivity contribution < 1.29 is 9.53 Å². The molecule has 1 aromatic rings. The molecule has 3 N–H and O–H groups in total. The molecule has 1 saturated heterocycles. The van der Waals surface area contributed by atoms with Crippen molar-refractivity contribution in [2.75, 3.05) is 33.0 Å². The van der Waals surface area contributed by atoms with E-state index >= 15 is 0 Å². The maximum atomic E-state index is 12.2. The van der Waals surface area contributed by atoms with E-state index in [4.69, 9.17) is 10.5 Å². The molecule has 2 rings (SSSR count). The summed E-state index contributed by atoms with van der Waals surface area (Å²) in [5, 5.41) is 3.05. The van der Waals surface area contributed by atoms with Crippen molar-refractivity contribution in [2.24, 2.45) is 0 Å². The second kappa shape index (κ2) is 5.93. The predicted octanol–water partition coefficient (Wildman–Crippen LogP) is 1.10. The average Bonchev–Trinajstić information content (AvgIpc) is 2.38. The van der Waals surface area contributed by atoms with Crippen LogP contribution in [-0.2, 0) is 0 Å². The van der Waals surface area contributed by atoms with E-state index in [1.807, 2.05) is 0 Å². The number of nitrogens with two attached hydrogens (primary N) is 1. The summed E-state index contributed by atoms with van der Waals surface area (Å²) >= 11 is 0. The predicted molar refractivity (Wildman–Crippen MR) is 75.4 cm³/mol. The lowest BCUT2D eigenvalue weighted by atomic mass is 10.1. The van der Waals surface area contributed by atoms with Crippen molar-refractivity contribution in [3.8, 4) is 5.75 Å². The fourth-order valence-electron chi connectivity index (χ4n) is 2.42. The molecule has 1 aliphatic rings. The summed E-state index contributed by atoms with van der Waals surface area (Å²) < 4.78 is 5.12. The van der Waals surface area contributed by atoms with Crippen LogP contribution in [0.2, 0.25) is 0 Å². The van der Waals surface area contributed by atoms with Crippen LogP contribution in [0.4, 0.5) is 5.69 Å². The maximum Gasteiger partial charge on any atom is 0.251 e. The lowest BCUT2D eigenvalue weighted by molar-refractivity contribution is 0.0912. The number of carbonyl (C=O) groups excluding carboxylic acids is 1. The average molecular weight is 263 g/mol. The van der Waals surface area contributed by atoms with E-state index in [0.717, 1.165) is 25.9 Å². The van der Waals surface area contributed by atoms with Crippen molar-refractivity contribution in [3.05, 3.63) is 23.8 Å². The molecule has 104 valence electrons. The van der Waals surface area contributed by atoms with E-state index < -0.39 is 0 Å². The number of hydrogen-bond acceptors (Lipinski definition) is 4. The smallest absolute Gasteiger partial charge is 0.251 e. The third kappa shape index (κ3) is 3.61. The van der Waals surface area contributed by atoms with Gasteiger partial charge in [0.15, 0.2) is 0 Å². The molecule has 1 fully saturated rings. The molecule has 1 heterocycles. The number of hydrogen-bond donors (Lipinski definition) is 2. The number of rotatable bonds is 3. The first-order valence-corrected chi connectivity index (χ1v) is 6.52. The number of likely N-dealkylation sites (tertiary alicyclic amines) is 1. The normalized spacial score (nSPS) is 20.0. The van der Waals surface area contributed by atoms with Gasteiger partial charge in [-0.3, -0.25) is 4.79 Å². The maximum absolute atomic E-state index is 12.2. The Morgan fingerprint density at radius 1 is 1.47 bits per heavy atom. The minimum atomic E-state index is -0.0918. The Bertz CT molecular complexity index is 462. The first-order valence-electron chi connectivity index (χ1n) is 6.52. The van der Waals surface area contributed by atoms with Gasteiger partial charge in [-0.2, -0.15) is 0 Å². The van der Waals surface area contributed by atoms with Crippen molar-refractivity contribution in [2.45, 2.75) is 18.9 Å². The Labute approximate surface area is 113 Å². The summed E-state index contributed by atoms with van der Waals surface area (Å²) in [6.45, 7) is 1.99. The third-order valence-corrected chi connectivity index (χ3v) is 3.39. The van der Waals surface area contributed by atoms with Crippen molar-refractivity contribution >= 4 is 11.6 Å². The summed E-state index contributed by atoms with van der Waals surface area (Å²) in [6, 6.07) is 5.28. The third-order valence-electron chi connectivity index (χ3n) is 3.39. The first-order chi connectivity index (χ1) is 9.08. The van der Waals surface area contributed by atoms with E-state index in [1.54, 1.807) is 25.3 Å². The van der Waals surface area contributed by atoms with E-state index in [9.17, 15) is 4.79 Å². The van der Waals surface area contributed by atoms with Crippen molar-refractivity contribution in [1.29, 1.82) is 0 Å². The molecule has 5 heteroatoms. The van der Waals surface area contributed by atoms with Gasteiger partial charge in [0.05, 0.1) is 7.11 Å². The number of nitrogens with zero attached hydrogens (tertiary/aromatic N) is 1. The lowest BCUT2D eigenvalue weighted by Crippen LogP contribution is -2.46. The Morgan fingerprint density at radius 3 is 2.95 bits per heavy atom. The highest BCUT2D eigenvalue weighted by Gasteiger charge is 2.19. The number of ether oxygens (including phenoxy) is 1. The summed E-state index contributed by atoms with van der Waals surface area (Å²) in [5.41, 5.74) is 6.84. The minimum Gasteiger partial charge on any atom is -0.497 e. The summed E-state index contributed by atoms with van der Waals surface area (Å²) in [7, 11) is 3.63. The van der Waals surface area contributed by atoms with E-state index in [0.29, 0.717) is 17.0 Å². The highest BCUT2D eigenvalue weighted by Crippen LogP contribution is 2.19. The Balaban J connectivity index is 2.05. The van der Waals surface area contributed by atoms with Crippen LogP contribution in [-0.4, -0.2) is 44.1 Å². The van der Waals surface area contributed by atoms with Crippen LogP contribution in [0.25, 0.3) is 0 Å². The number of nitrogen functional groups attached to an aromatic ring is 1. The van der Waals surface area contributed by atoms with Crippen LogP contribution in [0.5, 0.6) is 5.75 Å². The van der Waals surface area contributed by atoms with Gasteiger partial charge in [-0.05, 0) is 38.6 Å². The summed E-state index contributed by atoms with van der Waals surface area (Å²) in [4.78, 5) is 14.4. The number of amides is 1. The van der Waals surface area contributed by atoms with Gasteiger partial charge in [-0.1, -0.05) is 0 Å². The molecule has 5 nitrogen and oxygen atoms in total.